The largest absolute Gasteiger partial charge is 0.349 e. The van der Waals surface area contributed by atoms with E-state index in [1.807, 2.05) is 32.0 Å². The van der Waals surface area contributed by atoms with Gasteiger partial charge in [-0.05, 0) is 40.9 Å². The van der Waals surface area contributed by atoms with E-state index >= 15 is 0 Å². The quantitative estimate of drug-likeness (QED) is 0.848. The fraction of sp³-hybridized carbons (Fsp3) is 0.417. The topological polar surface area (TPSA) is 29.1 Å². The maximum absolute atomic E-state index is 11.9. The minimum Gasteiger partial charge on any atom is -0.349 e. The van der Waals surface area contributed by atoms with Gasteiger partial charge in [-0.3, -0.25) is 4.79 Å². The van der Waals surface area contributed by atoms with Gasteiger partial charge in [-0.1, -0.05) is 19.1 Å². The first-order chi connectivity index (χ1) is 7.56. The zero-order chi connectivity index (χ0) is 12.1. The van der Waals surface area contributed by atoms with E-state index in [0.29, 0.717) is 11.4 Å². The second-order valence-electron chi connectivity index (χ2n) is 3.87. The minimum absolute atomic E-state index is 0.0668. The number of halogens is 2. The van der Waals surface area contributed by atoms with Crippen molar-refractivity contribution in [2.45, 2.75) is 19.9 Å². The summed E-state index contributed by atoms with van der Waals surface area (Å²) < 4.78 is 0.804. The monoisotopic (exact) mass is 303 g/mol. The van der Waals surface area contributed by atoms with Crippen LogP contribution in [0.2, 0.25) is 0 Å². The van der Waals surface area contributed by atoms with Gasteiger partial charge in [0, 0.05) is 16.4 Å². The van der Waals surface area contributed by atoms with Crippen LogP contribution in [0.5, 0.6) is 0 Å². The van der Waals surface area contributed by atoms with E-state index in [0.717, 1.165) is 4.47 Å². The standard InChI is InChI=1S/C12H15BrClNO/c1-8(7-14)9(2)15-12(16)10-5-3-4-6-11(10)13/h3-6,8-9H,7H2,1-2H3,(H,15,16). The molecule has 2 atom stereocenters. The number of benzene rings is 1. The number of hydrogen-bond acceptors (Lipinski definition) is 1. The predicted molar refractivity (Wildman–Crippen MR) is 71.0 cm³/mol. The highest BCUT2D eigenvalue weighted by atomic mass is 79.9. The molecule has 0 aliphatic carbocycles. The molecule has 0 aliphatic rings. The van der Waals surface area contributed by atoms with Crippen LogP contribution in [0.3, 0.4) is 0 Å². The molecule has 0 fully saturated rings. The summed E-state index contributed by atoms with van der Waals surface area (Å²) in [6, 6.07) is 7.43. The number of nitrogens with one attached hydrogen (secondary N) is 1. The van der Waals surface area contributed by atoms with E-state index in [-0.39, 0.29) is 17.9 Å². The number of carbonyl (C=O) groups excluding carboxylic acids is 1. The Kier molecular flexibility index (Phi) is 5.29. The summed E-state index contributed by atoms with van der Waals surface area (Å²) in [5.74, 6) is 0.724. The van der Waals surface area contributed by atoms with Crippen LogP contribution in [0, 0.1) is 5.92 Å². The van der Waals surface area contributed by atoms with Crippen LogP contribution in [0.25, 0.3) is 0 Å². The molecule has 1 aromatic carbocycles. The molecule has 0 radical (unpaired) electrons. The van der Waals surface area contributed by atoms with Crippen molar-refractivity contribution < 1.29 is 4.79 Å². The molecular weight excluding hydrogens is 289 g/mol. The first-order valence-corrected chi connectivity index (χ1v) is 6.50. The molecule has 88 valence electrons. The van der Waals surface area contributed by atoms with Crippen molar-refractivity contribution in [1.82, 2.24) is 5.32 Å². The first kappa shape index (κ1) is 13.5. The third-order valence-electron chi connectivity index (χ3n) is 2.57. The average Bonchev–Trinajstić information content (AvgIpc) is 2.28. The van der Waals surface area contributed by atoms with Crippen molar-refractivity contribution in [3.63, 3.8) is 0 Å². The lowest BCUT2D eigenvalue weighted by atomic mass is 10.1. The number of carbonyl (C=O) groups is 1. The lowest BCUT2D eigenvalue weighted by Crippen LogP contribution is -2.37. The van der Waals surface area contributed by atoms with Gasteiger partial charge in [0.25, 0.3) is 5.91 Å². The molecule has 0 aliphatic heterocycles. The van der Waals surface area contributed by atoms with Crippen molar-refractivity contribution in [1.29, 1.82) is 0 Å². The molecule has 0 heterocycles. The molecule has 0 aromatic heterocycles. The zero-order valence-electron chi connectivity index (χ0n) is 9.34. The molecule has 4 heteroatoms. The summed E-state index contributed by atoms with van der Waals surface area (Å²) >= 11 is 9.10. The second kappa shape index (κ2) is 6.26. The maximum Gasteiger partial charge on any atom is 0.252 e. The van der Waals surface area contributed by atoms with Gasteiger partial charge in [-0.15, -0.1) is 11.6 Å². The van der Waals surface area contributed by atoms with Gasteiger partial charge in [0.05, 0.1) is 5.56 Å². The third kappa shape index (κ3) is 3.49. The highest BCUT2D eigenvalue weighted by molar-refractivity contribution is 9.10. The van der Waals surface area contributed by atoms with Crippen molar-refractivity contribution in [2.24, 2.45) is 5.92 Å². The smallest absolute Gasteiger partial charge is 0.252 e. The molecule has 0 bridgehead atoms. The fourth-order valence-corrected chi connectivity index (χ4v) is 1.94. The summed E-state index contributed by atoms with van der Waals surface area (Å²) in [6.45, 7) is 3.97. The summed E-state index contributed by atoms with van der Waals surface area (Å²) in [5.41, 5.74) is 0.649. The van der Waals surface area contributed by atoms with Crippen LogP contribution in [-0.2, 0) is 0 Å². The SMILES string of the molecule is CC(CCl)C(C)NC(=O)c1ccccc1Br. The normalized spacial score (nSPS) is 14.2. The Balaban J connectivity index is 2.70. The van der Waals surface area contributed by atoms with Gasteiger partial charge in [-0.25, -0.2) is 0 Å². The number of rotatable bonds is 4. The molecule has 1 N–H and O–H groups in total. The maximum atomic E-state index is 11.9. The van der Waals surface area contributed by atoms with E-state index in [9.17, 15) is 4.79 Å². The Hall–Kier alpha value is -0.540. The van der Waals surface area contributed by atoms with Crippen LogP contribution in [0.1, 0.15) is 24.2 Å². The third-order valence-corrected chi connectivity index (χ3v) is 3.75. The number of alkyl halides is 1. The van der Waals surface area contributed by atoms with Gasteiger partial charge in [0.15, 0.2) is 0 Å². The van der Waals surface area contributed by atoms with Crippen molar-refractivity contribution >= 4 is 33.4 Å². The van der Waals surface area contributed by atoms with Crippen molar-refractivity contribution in [3.05, 3.63) is 34.3 Å². The molecule has 16 heavy (non-hydrogen) atoms. The second-order valence-corrected chi connectivity index (χ2v) is 5.04. The van der Waals surface area contributed by atoms with Crippen LogP contribution >= 0.6 is 27.5 Å². The highest BCUT2D eigenvalue weighted by Gasteiger charge is 2.16. The predicted octanol–water partition coefficient (Wildman–Crippen LogP) is 3.44. The zero-order valence-corrected chi connectivity index (χ0v) is 11.7. The molecule has 0 saturated carbocycles. The Morgan fingerprint density at radius 3 is 2.62 bits per heavy atom. The first-order valence-electron chi connectivity index (χ1n) is 5.17. The average molecular weight is 305 g/mol. The van der Waals surface area contributed by atoms with Crippen LogP contribution in [-0.4, -0.2) is 17.8 Å². The Labute approximate surface area is 110 Å². The van der Waals surface area contributed by atoms with Gasteiger partial charge in [0.1, 0.15) is 0 Å². The van der Waals surface area contributed by atoms with E-state index in [2.05, 4.69) is 21.2 Å². The summed E-state index contributed by atoms with van der Waals surface area (Å²) in [6.07, 6.45) is 0. The van der Waals surface area contributed by atoms with Gasteiger partial charge < -0.3 is 5.32 Å². The van der Waals surface area contributed by atoms with Crippen LogP contribution < -0.4 is 5.32 Å². The molecular formula is C12H15BrClNO. The van der Waals surface area contributed by atoms with Gasteiger partial charge >= 0.3 is 0 Å². The Morgan fingerprint density at radius 1 is 1.44 bits per heavy atom. The fourth-order valence-electron chi connectivity index (χ4n) is 1.21. The van der Waals surface area contributed by atoms with Crippen molar-refractivity contribution in [3.8, 4) is 0 Å². The van der Waals surface area contributed by atoms with Gasteiger partial charge in [0.2, 0.25) is 0 Å². The molecule has 1 rings (SSSR count). The Bertz CT molecular complexity index is 370. The van der Waals surface area contributed by atoms with E-state index < -0.39 is 0 Å². The summed E-state index contributed by atoms with van der Waals surface area (Å²) in [5, 5.41) is 2.93. The summed E-state index contributed by atoms with van der Waals surface area (Å²) in [7, 11) is 0. The molecule has 1 amide bonds. The molecule has 0 saturated heterocycles. The lowest BCUT2D eigenvalue weighted by molar-refractivity contribution is 0.0930. The number of amides is 1. The molecule has 2 nitrogen and oxygen atoms in total. The lowest BCUT2D eigenvalue weighted by Gasteiger charge is -2.19. The number of hydrogen-bond donors (Lipinski definition) is 1. The summed E-state index contributed by atoms with van der Waals surface area (Å²) in [4.78, 5) is 11.9. The van der Waals surface area contributed by atoms with Gasteiger partial charge in [-0.2, -0.15) is 0 Å². The molecule has 2 unspecified atom stereocenters. The molecule has 1 aromatic rings. The van der Waals surface area contributed by atoms with Crippen molar-refractivity contribution in [2.75, 3.05) is 5.88 Å². The Morgan fingerprint density at radius 2 is 2.06 bits per heavy atom. The van der Waals surface area contributed by atoms with Crippen LogP contribution in [0.15, 0.2) is 28.7 Å². The molecule has 0 spiro atoms. The van der Waals surface area contributed by atoms with E-state index in [4.69, 9.17) is 11.6 Å². The highest BCUT2D eigenvalue weighted by Crippen LogP contribution is 2.16. The van der Waals surface area contributed by atoms with E-state index in [1.165, 1.54) is 0 Å². The van der Waals surface area contributed by atoms with Crippen LogP contribution in [0.4, 0.5) is 0 Å². The van der Waals surface area contributed by atoms with E-state index in [1.54, 1.807) is 6.07 Å². The minimum atomic E-state index is -0.0723.